The second-order valence-corrected chi connectivity index (χ2v) is 7.26. The Kier molecular flexibility index (Phi) is 6.04. The molecule has 6 nitrogen and oxygen atoms in total. The molecule has 1 heterocycles. The van der Waals surface area contributed by atoms with Gasteiger partial charge in [-0.3, -0.25) is 4.79 Å². The number of pyridine rings is 1. The molecule has 0 aliphatic rings. The maximum absolute atomic E-state index is 13.0. The number of H-pyrrole nitrogens is 1. The molecule has 0 bridgehead atoms. The summed E-state index contributed by atoms with van der Waals surface area (Å²) in [5, 5.41) is 19.0. The average Bonchev–Trinajstić information content (AvgIpc) is 2.72. The minimum atomic E-state index is -4.50. The summed E-state index contributed by atoms with van der Waals surface area (Å²) in [6, 6.07) is 12.9. The van der Waals surface area contributed by atoms with Crippen molar-refractivity contribution in [3.63, 3.8) is 0 Å². The number of nitrogens with zero attached hydrogens (tertiary/aromatic N) is 2. The van der Waals surface area contributed by atoms with E-state index >= 15 is 0 Å². The first-order chi connectivity index (χ1) is 14.7. The number of ether oxygens (including phenoxy) is 1. The molecule has 0 aliphatic heterocycles. The van der Waals surface area contributed by atoms with Crippen molar-refractivity contribution in [3.05, 3.63) is 79.5 Å². The quantitative estimate of drug-likeness (QED) is 0.550. The lowest BCUT2D eigenvalue weighted by atomic mass is 9.96. The molecule has 0 saturated heterocycles. The molecule has 0 spiro atoms. The topological polar surface area (TPSA) is 116 Å². The lowest BCUT2D eigenvalue weighted by Crippen LogP contribution is -2.16. The molecular weight excluding hydrogens is 477 g/mol. The Morgan fingerprint density at radius 3 is 2.45 bits per heavy atom. The van der Waals surface area contributed by atoms with E-state index in [1.54, 1.807) is 12.1 Å². The van der Waals surface area contributed by atoms with Gasteiger partial charge in [0, 0.05) is 15.6 Å². The molecular formula is C21H12BrF3N4O2. The van der Waals surface area contributed by atoms with Crippen molar-refractivity contribution in [3.8, 4) is 29.0 Å². The number of nitrogens with one attached hydrogen (secondary N) is 1. The third kappa shape index (κ3) is 4.55. The van der Waals surface area contributed by atoms with Crippen LogP contribution in [0.3, 0.4) is 0 Å². The number of benzene rings is 2. The van der Waals surface area contributed by atoms with Crippen LogP contribution in [0.5, 0.6) is 5.75 Å². The van der Waals surface area contributed by atoms with Crippen molar-refractivity contribution in [2.24, 2.45) is 0 Å². The van der Waals surface area contributed by atoms with Gasteiger partial charge in [-0.25, -0.2) is 0 Å². The van der Waals surface area contributed by atoms with Gasteiger partial charge in [0.2, 0.25) is 0 Å². The van der Waals surface area contributed by atoms with Crippen molar-refractivity contribution in [2.45, 2.75) is 12.8 Å². The van der Waals surface area contributed by atoms with Gasteiger partial charge in [-0.2, -0.15) is 23.7 Å². The predicted molar refractivity (Wildman–Crippen MR) is 110 cm³/mol. The Morgan fingerprint density at radius 2 is 1.81 bits per heavy atom. The number of hydrogen-bond donors (Lipinski definition) is 2. The number of rotatable bonds is 4. The Morgan fingerprint density at radius 1 is 1.10 bits per heavy atom. The van der Waals surface area contributed by atoms with E-state index in [1.807, 2.05) is 6.07 Å². The highest BCUT2D eigenvalue weighted by molar-refractivity contribution is 9.10. The van der Waals surface area contributed by atoms with Gasteiger partial charge in [-0.15, -0.1) is 0 Å². The number of aromatic amines is 1. The summed E-state index contributed by atoms with van der Waals surface area (Å²) < 4.78 is 45.1. The Labute approximate surface area is 182 Å². The largest absolute Gasteiger partial charge is 0.488 e. The van der Waals surface area contributed by atoms with Gasteiger partial charge < -0.3 is 15.5 Å². The van der Waals surface area contributed by atoms with Crippen LogP contribution in [0.2, 0.25) is 0 Å². The number of aromatic nitrogens is 1. The summed E-state index contributed by atoms with van der Waals surface area (Å²) in [6.07, 6.45) is -4.50. The van der Waals surface area contributed by atoms with Crippen LogP contribution in [0, 0.1) is 22.7 Å². The monoisotopic (exact) mass is 488 g/mol. The normalized spacial score (nSPS) is 10.9. The number of hydrogen-bond acceptors (Lipinski definition) is 5. The zero-order chi connectivity index (χ0) is 22.8. The van der Waals surface area contributed by atoms with Crippen LogP contribution >= 0.6 is 15.9 Å². The second-order valence-electron chi connectivity index (χ2n) is 6.34. The molecule has 0 amide bonds. The molecule has 0 aliphatic carbocycles. The number of halogens is 4. The first-order valence-corrected chi connectivity index (χ1v) is 9.39. The molecule has 0 fully saturated rings. The molecule has 10 heteroatoms. The van der Waals surface area contributed by atoms with Gasteiger partial charge in [-0.05, 0) is 35.9 Å². The number of anilines is 1. The van der Waals surface area contributed by atoms with Crippen molar-refractivity contribution in [2.75, 3.05) is 5.73 Å². The fraction of sp³-hybridized carbons (Fsp3) is 0.0952. The van der Waals surface area contributed by atoms with Gasteiger partial charge in [0.05, 0.1) is 5.56 Å². The van der Waals surface area contributed by atoms with Crippen LogP contribution in [0.1, 0.15) is 22.3 Å². The van der Waals surface area contributed by atoms with Crippen molar-refractivity contribution in [1.29, 1.82) is 10.5 Å². The third-order valence-electron chi connectivity index (χ3n) is 4.33. The number of nitrogens with two attached hydrogens (primary N) is 1. The first kappa shape index (κ1) is 21.9. The molecule has 31 heavy (non-hydrogen) atoms. The zero-order valence-electron chi connectivity index (χ0n) is 15.5. The van der Waals surface area contributed by atoms with E-state index in [2.05, 4.69) is 20.9 Å². The summed E-state index contributed by atoms with van der Waals surface area (Å²) >= 11 is 3.29. The first-order valence-electron chi connectivity index (χ1n) is 8.60. The summed E-state index contributed by atoms with van der Waals surface area (Å²) in [5.74, 6) is -0.0658. The maximum Gasteiger partial charge on any atom is 0.416 e. The lowest BCUT2D eigenvalue weighted by molar-refractivity contribution is -0.137. The van der Waals surface area contributed by atoms with Crippen LogP contribution in [0.25, 0.3) is 11.1 Å². The van der Waals surface area contributed by atoms with Crippen LogP contribution < -0.4 is 16.0 Å². The summed E-state index contributed by atoms with van der Waals surface area (Å²) in [6.45, 7) is -0.221. The summed E-state index contributed by atoms with van der Waals surface area (Å²) in [7, 11) is 0. The molecule has 0 unspecified atom stereocenters. The van der Waals surface area contributed by atoms with E-state index in [0.29, 0.717) is 4.47 Å². The molecule has 0 saturated carbocycles. The van der Waals surface area contributed by atoms with Crippen molar-refractivity contribution in [1.82, 2.24) is 4.98 Å². The van der Waals surface area contributed by atoms with Crippen molar-refractivity contribution >= 4 is 21.7 Å². The lowest BCUT2D eigenvalue weighted by Gasteiger charge is -2.15. The molecule has 2 aromatic carbocycles. The van der Waals surface area contributed by atoms with Crippen LogP contribution in [-0.2, 0) is 12.8 Å². The maximum atomic E-state index is 13.0. The number of alkyl halides is 3. The molecule has 0 atom stereocenters. The minimum absolute atomic E-state index is 0.0217. The highest BCUT2D eigenvalue weighted by atomic mass is 79.9. The van der Waals surface area contributed by atoms with Gasteiger partial charge in [0.15, 0.2) is 0 Å². The van der Waals surface area contributed by atoms with E-state index < -0.39 is 17.3 Å². The highest BCUT2D eigenvalue weighted by Gasteiger charge is 2.30. The molecule has 3 rings (SSSR count). The van der Waals surface area contributed by atoms with Gasteiger partial charge in [0.25, 0.3) is 5.56 Å². The number of nitrogen functional groups attached to an aromatic ring is 1. The third-order valence-corrected chi connectivity index (χ3v) is 4.82. The van der Waals surface area contributed by atoms with Gasteiger partial charge >= 0.3 is 6.18 Å². The Balaban J connectivity index is 2.10. The van der Waals surface area contributed by atoms with E-state index in [-0.39, 0.29) is 46.0 Å². The van der Waals surface area contributed by atoms with Crippen LogP contribution in [0.15, 0.2) is 51.7 Å². The SMILES string of the molecule is N#Cc1c(N)[nH]c(=O)c(C#N)c1-c1cc(Br)ccc1OCc1cccc(C(F)(F)F)c1. The van der Waals surface area contributed by atoms with Crippen LogP contribution in [0.4, 0.5) is 19.0 Å². The average molecular weight is 489 g/mol. The minimum Gasteiger partial charge on any atom is -0.488 e. The van der Waals surface area contributed by atoms with Gasteiger partial charge in [0.1, 0.15) is 41.4 Å². The fourth-order valence-corrected chi connectivity index (χ4v) is 3.30. The van der Waals surface area contributed by atoms with E-state index in [4.69, 9.17) is 10.5 Å². The zero-order valence-corrected chi connectivity index (χ0v) is 17.1. The van der Waals surface area contributed by atoms with Crippen LogP contribution in [-0.4, -0.2) is 4.98 Å². The predicted octanol–water partition coefficient (Wildman–Crippen LogP) is 4.73. The molecule has 3 aromatic rings. The number of nitriles is 2. The second kappa shape index (κ2) is 8.54. The summed E-state index contributed by atoms with van der Waals surface area (Å²) in [4.78, 5) is 14.5. The Bertz CT molecular complexity index is 1300. The smallest absolute Gasteiger partial charge is 0.416 e. The molecule has 156 valence electrons. The molecule has 1 aromatic heterocycles. The van der Waals surface area contributed by atoms with Gasteiger partial charge in [-0.1, -0.05) is 28.1 Å². The standard InChI is InChI=1S/C21H12BrF3N4O2/c22-13-4-5-17(31-10-11-2-1-3-12(6-11)21(23,24)25)14(7-13)18-15(8-26)19(28)29-20(30)16(18)9-27/h1-7H,10H2,(H3,28,29,30). The van der Waals surface area contributed by atoms with E-state index in [0.717, 1.165) is 12.1 Å². The Hall–Kier alpha value is -3.76. The fourth-order valence-electron chi connectivity index (χ4n) is 2.93. The summed E-state index contributed by atoms with van der Waals surface area (Å²) in [5.41, 5.74) is 4.15. The molecule has 3 N–H and O–H groups in total. The van der Waals surface area contributed by atoms with E-state index in [9.17, 15) is 28.5 Å². The highest BCUT2D eigenvalue weighted by Crippen LogP contribution is 2.37. The molecule has 0 radical (unpaired) electrons. The van der Waals surface area contributed by atoms with E-state index in [1.165, 1.54) is 24.3 Å². The van der Waals surface area contributed by atoms with Crippen molar-refractivity contribution < 1.29 is 17.9 Å².